The Morgan fingerprint density at radius 2 is 1.72 bits per heavy atom. The molecule has 0 aliphatic heterocycles. The van der Waals surface area contributed by atoms with Crippen LogP contribution in [0.5, 0.6) is 0 Å². The molecule has 0 radical (unpaired) electrons. The van der Waals surface area contributed by atoms with Gasteiger partial charge in [-0.25, -0.2) is 0 Å². The Labute approximate surface area is 116 Å². The Bertz CT molecular complexity index is 478. The fraction of sp³-hybridized carbons (Fsp3) is 0.375. The summed E-state index contributed by atoms with van der Waals surface area (Å²) in [4.78, 5) is 0. The van der Waals surface area contributed by atoms with E-state index in [-0.39, 0.29) is 0 Å². The number of hydrogen-bond acceptors (Lipinski definition) is 2. The van der Waals surface area contributed by atoms with Crippen molar-refractivity contribution in [2.75, 3.05) is 4.31 Å². The molecule has 0 N–H and O–H groups in total. The third-order valence-corrected chi connectivity index (χ3v) is 3.93. The molecule has 1 aromatic rings. The predicted molar refractivity (Wildman–Crippen MR) is 83.1 cm³/mol. The Morgan fingerprint density at radius 3 is 2.17 bits per heavy atom. The summed E-state index contributed by atoms with van der Waals surface area (Å²) in [5.41, 5.74) is 6.69. The average molecular weight is 259 g/mol. The summed E-state index contributed by atoms with van der Waals surface area (Å²) in [6.45, 7) is 6.57. The molecule has 0 bridgehead atoms. The first-order valence-corrected chi connectivity index (χ1v) is 7.03. The van der Waals surface area contributed by atoms with Crippen LogP contribution in [0.4, 0.5) is 5.69 Å². The largest absolute Gasteiger partial charge is 0.290 e. The molecule has 0 unspecified atom stereocenters. The van der Waals surface area contributed by atoms with Crippen LogP contribution in [0.1, 0.15) is 38.3 Å². The van der Waals surface area contributed by atoms with Crippen LogP contribution in [-0.2, 0) is 12.8 Å². The zero-order chi connectivity index (χ0) is 13.1. The quantitative estimate of drug-likeness (QED) is 0.767. The van der Waals surface area contributed by atoms with Crippen molar-refractivity contribution < 1.29 is 0 Å². The second-order valence-electron chi connectivity index (χ2n) is 4.79. The van der Waals surface area contributed by atoms with Crippen LogP contribution in [0.15, 0.2) is 41.6 Å². The van der Waals surface area contributed by atoms with Crippen molar-refractivity contribution in [1.82, 2.24) is 0 Å². The lowest BCUT2D eigenvalue weighted by Crippen LogP contribution is -2.13. The highest BCUT2D eigenvalue weighted by atomic mass is 32.1. The van der Waals surface area contributed by atoms with Crippen LogP contribution in [-0.4, -0.2) is 0 Å². The molecule has 96 valence electrons. The summed E-state index contributed by atoms with van der Waals surface area (Å²) in [5, 5.41) is 0. The topological polar surface area (TPSA) is 3.24 Å². The summed E-state index contributed by atoms with van der Waals surface area (Å²) in [5.74, 6) is 0. The van der Waals surface area contributed by atoms with Gasteiger partial charge >= 0.3 is 0 Å². The van der Waals surface area contributed by atoms with Crippen molar-refractivity contribution in [2.45, 2.75) is 40.0 Å². The number of benzene rings is 1. The molecule has 0 atom stereocenters. The van der Waals surface area contributed by atoms with Crippen molar-refractivity contribution in [2.24, 2.45) is 0 Å². The first-order chi connectivity index (χ1) is 8.67. The molecule has 18 heavy (non-hydrogen) atoms. The van der Waals surface area contributed by atoms with Gasteiger partial charge in [0, 0.05) is 12.1 Å². The van der Waals surface area contributed by atoms with Crippen LogP contribution >= 0.6 is 12.8 Å². The standard InChI is InChI=1S/C16H21NS/c1-4-13-7-6-8-14(5-2)16(13)17(18)15-10-9-12(3)11-15/h6-10,18H,4-5,11H2,1-3H3. The van der Waals surface area contributed by atoms with E-state index in [0.29, 0.717) is 0 Å². The molecule has 1 aliphatic rings. The molecule has 0 saturated carbocycles. The minimum Gasteiger partial charge on any atom is -0.290 e. The highest BCUT2D eigenvalue weighted by Gasteiger charge is 2.17. The Kier molecular flexibility index (Phi) is 4.18. The average Bonchev–Trinajstić information content (AvgIpc) is 2.83. The third-order valence-electron chi connectivity index (χ3n) is 3.47. The maximum atomic E-state index is 4.73. The Hall–Kier alpha value is -1.15. The van der Waals surface area contributed by atoms with E-state index in [1.54, 1.807) is 0 Å². The van der Waals surface area contributed by atoms with E-state index in [1.807, 2.05) is 0 Å². The van der Waals surface area contributed by atoms with Gasteiger partial charge < -0.3 is 0 Å². The first-order valence-electron chi connectivity index (χ1n) is 6.63. The lowest BCUT2D eigenvalue weighted by molar-refractivity contribution is 1.04. The normalized spacial score (nSPS) is 14.4. The Morgan fingerprint density at radius 1 is 1.11 bits per heavy atom. The summed E-state index contributed by atoms with van der Waals surface area (Å²) < 4.78 is 2.07. The molecule has 2 rings (SSSR count). The lowest BCUT2D eigenvalue weighted by atomic mass is 10.0. The molecule has 1 aromatic carbocycles. The fourth-order valence-corrected chi connectivity index (χ4v) is 2.81. The zero-order valence-electron chi connectivity index (χ0n) is 11.4. The van der Waals surface area contributed by atoms with Crippen LogP contribution in [0.25, 0.3) is 0 Å². The summed E-state index contributed by atoms with van der Waals surface area (Å²) >= 11 is 4.73. The van der Waals surface area contributed by atoms with E-state index >= 15 is 0 Å². The molecular formula is C16H21NS. The van der Waals surface area contributed by atoms with Gasteiger partial charge in [-0.1, -0.05) is 56.5 Å². The second-order valence-corrected chi connectivity index (χ2v) is 5.19. The lowest BCUT2D eigenvalue weighted by Gasteiger charge is -2.25. The molecule has 0 heterocycles. The number of hydrogen-bond donors (Lipinski definition) is 1. The molecule has 0 saturated heterocycles. The fourth-order valence-electron chi connectivity index (χ4n) is 2.42. The molecule has 1 nitrogen and oxygen atoms in total. The van der Waals surface area contributed by atoms with Gasteiger partial charge in [0.1, 0.15) is 0 Å². The van der Waals surface area contributed by atoms with Crippen molar-refractivity contribution in [3.05, 3.63) is 52.7 Å². The van der Waals surface area contributed by atoms with Gasteiger partial charge in [0.05, 0.1) is 5.69 Å². The van der Waals surface area contributed by atoms with Gasteiger partial charge in [0.15, 0.2) is 0 Å². The van der Waals surface area contributed by atoms with Crippen LogP contribution in [0.3, 0.4) is 0 Å². The highest BCUT2D eigenvalue weighted by Crippen LogP contribution is 2.34. The Balaban J connectivity index is 2.38. The molecule has 2 heteroatoms. The van der Waals surface area contributed by atoms with Crippen LogP contribution in [0, 0.1) is 0 Å². The monoisotopic (exact) mass is 259 g/mol. The summed E-state index contributed by atoms with van der Waals surface area (Å²) in [6, 6.07) is 6.55. The van der Waals surface area contributed by atoms with Crippen molar-refractivity contribution >= 4 is 18.5 Å². The number of allylic oxidation sites excluding steroid dienone is 3. The number of nitrogens with zero attached hydrogens (tertiary/aromatic N) is 1. The number of rotatable bonds is 4. The van der Waals surface area contributed by atoms with E-state index in [2.05, 4.69) is 55.4 Å². The van der Waals surface area contributed by atoms with Gasteiger partial charge in [0.2, 0.25) is 0 Å². The van der Waals surface area contributed by atoms with Gasteiger partial charge in [-0.2, -0.15) is 0 Å². The van der Waals surface area contributed by atoms with Crippen molar-refractivity contribution in [1.29, 1.82) is 0 Å². The van der Waals surface area contributed by atoms with E-state index in [9.17, 15) is 0 Å². The molecule has 0 amide bonds. The molecule has 0 aromatic heterocycles. The zero-order valence-corrected chi connectivity index (χ0v) is 12.3. The number of thiol groups is 1. The molecule has 0 fully saturated rings. The number of aryl methyl sites for hydroxylation is 2. The predicted octanol–water partition coefficient (Wildman–Crippen LogP) is 4.70. The first kappa shape index (κ1) is 13.3. The molecular weight excluding hydrogens is 238 g/mol. The van der Waals surface area contributed by atoms with E-state index < -0.39 is 0 Å². The molecule has 0 spiro atoms. The van der Waals surface area contributed by atoms with E-state index in [0.717, 1.165) is 19.3 Å². The number of anilines is 1. The van der Waals surface area contributed by atoms with Crippen LogP contribution in [0.2, 0.25) is 0 Å². The van der Waals surface area contributed by atoms with Crippen molar-refractivity contribution in [3.8, 4) is 0 Å². The summed E-state index contributed by atoms with van der Waals surface area (Å²) in [7, 11) is 0. The maximum Gasteiger partial charge on any atom is 0.0582 e. The maximum absolute atomic E-state index is 4.73. The third kappa shape index (κ3) is 2.49. The minimum absolute atomic E-state index is 1.00. The SMILES string of the molecule is CCc1cccc(CC)c1N(S)C1=CC=C(C)C1. The van der Waals surface area contributed by atoms with Crippen molar-refractivity contribution in [3.63, 3.8) is 0 Å². The number of para-hydroxylation sites is 1. The minimum atomic E-state index is 1.00. The molecule has 1 aliphatic carbocycles. The van der Waals surface area contributed by atoms with Gasteiger partial charge in [-0.15, -0.1) is 0 Å². The van der Waals surface area contributed by atoms with E-state index in [1.165, 1.54) is 28.1 Å². The summed E-state index contributed by atoms with van der Waals surface area (Å²) in [6.07, 6.45) is 7.44. The highest BCUT2D eigenvalue weighted by molar-refractivity contribution is 7.82. The van der Waals surface area contributed by atoms with Gasteiger partial charge in [-0.05, 0) is 37.0 Å². The van der Waals surface area contributed by atoms with Gasteiger partial charge in [0.25, 0.3) is 0 Å². The second kappa shape index (κ2) is 5.66. The van der Waals surface area contributed by atoms with E-state index in [4.69, 9.17) is 12.8 Å². The van der Waals surface area contributed by atoms with Gasteiger partial charge in [-0.3, -0.25) is 4.31 Å². The smallest absolute Gasteiger partial charge is 0.0582 e. The van der Waals surface area contributed by atoms with Crippen LogP contribution < -0.4 is 4.31 Å².